The van der Waals surface area contributed by atoms with Gasteiger partial charge in [0.25, 0.3) is 17.3 Å². The van der Waals surface area contributed by atoms with E-state index in [2.05, 4.69) is 5.32 Å². The quantitative estimate of drug-likeness (QED) is 0.676. The lowest BCUT2D eigenvalue weighted by molar-refractivity contribution is -0.394. The van der Waals surface area contributed by atoms with Crippen molar-refractivity contribution in [3.8, 4) is 0 Å². The third-order valence-electron chi connectivity index (χ3n) is 4.26. The van der Waals surface area contributed by atoms with E-state index < -0.39 is 27.1 Å². The second-order valence-corrected chi connectivity index (χ2v) is 5.87. The lowest BCUT2D eigenvalue weighted by Crippen LogP contribution is -2.31. The number of hydrogen-bond donors (Lipinski definition) is 1. The fraction of sp³-hybridized carbons (Fsp3) is 0.235. The molecule has 0 bridgehead atoms. The van der Waals surface area contributed by atoms with E-state index >= 15 is 0 Å². The first kappa shape index (κ1) is 16.6. The van der Waals surface area contributed by atoms with Crippen molar-refractivity contribution >= 4 is 17.3 Å². The van der Waals surface area contributed by atoms with Gasteiger partial charge in [0, 0.05) is 12.1 Å². The first-order chi connectivity index (χ1) is 12.0. The smallest absolute Gasteiger partial charge is 0.277 e. The van der Waals surface area contributed by atoms with Gasteiger partial charge in [-0.3, -0.25) is 25.0 Å². The lowest BCUT2D eigenvalue weighted by atomic mass is 9.87. The average Bonchev–Trinajstić information content (AvgIpc) is 2.61. The molecule has 0 heterocycles. The van der Waals surface area contributed by atoms with Gasteiger partial charge in [-0.25, -0.2) is 0 Å². The van der Waals surface area contributed by atoms with Crippen molar-refractivity contribution in [2.75, 3.05) is 0 Å². The zero-order chi connectivity index (χ0) is 18.0. The van der Waals surface area contributed by atoms with E-state index in [1.165, 1.54) is 0 Å². The topological polar surface area (TPSA) is 115 Å². The molecule has 0 saturated heterocycles. The van der Waals surface area contributed by atoms with Crippen LogP contribution in [0.25, 0.3) is 0 Å². The number of nitrogens with one attached hydrogen (secondary N) is 1. The standard InChI is InChI=1S/C17H15N3O5/c21-17(12-8-13(19(22)23)10-14(9-12)20(24)25)18-16-7-3-5-11-4-1-2-6-15(11)16/h1-2,4,6,8-10,16H,3,5,7H2,(H,18,21)/t16-/m1/s1. The molecule has 1 N–H and O–H groups in total. The summed E-state index contributed by atoms with van der Waals surface area (Å²) in [6.45, 7) is 0. The molecule has 0 unspecified atom stereocenters. The number of nitro groups is 2. The molecule has 0 radical (unpaired) electrons. The van der Waals surface area contributed by atoms with Crippen LogP contribution in [0.5, 0.6) is 0 Å². The highest BCUT2D eigenvalue weighted by Gasteiger charge is 2.24. The van der Waals surface area contributed by atoms with E-state index in [-0.39, 0.29) is 11.6 Å². The number of nitro benzene ring substituents is 2. The minimum atomic E-state index is -0.750. The number of rotatable bonds is 4. The molecule has 0 aliphatic heterocycles. The van der Waals surface area contributed by atoms with E-state index in [9.17, 15) is 25.0 Å². The molecular formula is C17H15N3O5. The van der Waals surface area contributed by atoms with Crippen LogP contribution in [0, 0.1) is 20.2 Å². The summed E-state index contributed by atoms with van der Waals surface area (Å²) in [4.78, 5) is 32.9. The molecular weight excluding hydrogens is 326 g/mol. The molecule has 0 aromatic heterocycles. The van der Waals surface area contributed by atoms with Crippen molar-refractivity contribution in [2.45, 2.75) is 25.3 Å². The molecule has 8 heteroatoms. The van der Waals surface area contributed by atoms with E-state index in [0.29, 0.717) is 0 Å². The molecule has 2 aromatic carbocycles. The van der Waals surface area contributed by atoms with Gasteiger partial charge in [0.05, 0.1) is 27.5 Å². The van der Waals surface area contributed by atoms with E-state index in [0.717, 1.165) is 48.6 Å². The van der Waals surface area contributed by atoms with Crippen LogP contribution < -0.4 is 5.32 Å². The molecule has 1 atom stereocenters. The van der Waals surface area contributed by atoms with Crippen LogP contribution in [0.3, 0.4) is 0 Å². The maximum atomic E-state index is 12.5. The first-order valence-electron chi connectivity index (χ1n) is 7.78. The summed E-state index contributed by atoms with van der Waals surface area (Å²) >= 11 is 0. The van der Waals surface area contributed by atoms with Crippen molar-refractivity contribution < 1.29 is 14.6 Å². The van der Waals surface area contributed by atoms with Gasteiger partial charge in [0.1, 0.15) is 0 Å². The second kappa shape index (κ2) is 6.68. The molecule has 1 aliphatic rings. The number of benzene rings is 2. The zero-order valence-corrected chi connectivity index (χ0v) is 13.2. The van der Waals surface area contributed by atoms with Crippen LogP contribution in [0.4, 0.5) is 11.4 Å². The minimum Gasteiger partial charge on any atom is -0.345 e. The van der Waals surface area contributed by atoms with Crippen molar-refractivity contribution in [1.82, 2.24) is 5.32 Å². The van der Waals surface area contributed by atoms with Crippen molar-refractivity contribution in [1.29, 1.82) is 0 Å². The van der Waals surface area contributed by atoms with Crippen molar-refractivity contribution in [3.05, 3.63) is 79.4 Å². The number of nitrogens with zero attached hydrogens (tertiary/aromatic N) is 2. The van der Waals surface area contributed by atoms with Gasteiger partial charge in [-0.15, -0.1) is 0 Å². The summed E-state index contributed by atoms with van der Waals surface area (Å²) < 4.78 is 0. The lowest BCUT2D eigenvalue weighted by Gasteiger charge is -2.26. The van der Waals surface area contributed by atoms with Crippen LogP contribution in [0.15, 0.2) is 42.5 Å². The molecule has 3 rings (SSSR count). The molecule has 1 amide bonds. The van der Waals surface area contributed by atoms with E-state index in [1.807, 2.05) is 24.3 Å². The summed E-state index contributed by atoms with van der Waals surface area (Å²) in [5.41, 5.74) is 1.11. The predicted octanol–water partition coefficient (Wildman–Crippen LogP) is 3.31. The normalized spacial score (nSPS) is 15.9. The van der Waals surface area contributed by atoms with Gasteiger partial charge in [-0.2, -0.15) is 0 Å². The van der Waals surface area contributed by atoms with Crippen LogP contribution in [-0.2, 0) is 6.42 Å². The largest absolute Gasteiger partial charge is 0.345 e. The average molecular weight is 341 g/mol. The number of non-ortho nitro benzene ring substituents is 2. The Bertz CT molecular complexity index is 833. The molecule has 0 saturated carbocycles. The maximum absolute atomic E-state index is 12.5. The maximum Gasteiger partial charge on any atom is 0.277 e. The molecule has 0 spiro atoms. The highest BCUT2D eigenvalue weighted by Crippen LogP contribution is 2.30. The Hall–Kier alpha value is -3.29. The van der Waals surface area contributed by atoms with Crippen LogP contribution >= 0.6 is 0 Å². The predicted molar refractivity (Wildman–Crippen MR) is 89.3 cm³/mol. The van der Waals surface area contributed by atoms with Crippen LogP contribution in [0.2, 0.25) is 0 Å². The minimum absolute atomic E-state index is 0.0936. The van der Waals surface area contributed by atoms with Gasteiger partial charge >= 0.3 is 0 Å². The summed E-state index contributed by atoms with van der Waals surface area (Å²) in [6, 6.07) is 10.5. The number of hydrogen-bond acceptors (Lipinski definition) is 5. The summed E-state index contributed by atoms with van der Waals surface area (Å²) in [5, 5.41) is 24.8. The fourth-order valence-corrected chi connectivity index (χ4v) is 3.08. The van der Waals surface area contributed by atoms with Gasteiger partial charge in [-0.05, 0) is 30.4 Å². The van der Waals surface area contributed by atoms with Crippen LogP contribution in [0.1, 0.15) is 40.4 Å². The Kier molecular flexibility index (Phi) is 4.42. The number of carbonyl (C=O) groups excluding carboxylic acids is 1. The Morgan fingerprint density at radius 3 is 2.32 bits per heavy atom. The van der Waals surface area contributed by atoms with Gasteiger partial charge in [0.2, 0.25) is 0 Å². The molecule has 1 aliphatic carbocycles. The first-order valence-corrected chi connectivity index (χ1v) is 7.78. The number of fused-ring (bicyclic) bond motifs is 1. The Morgan fingerprint density at radius 1 is 1.04 bits per heavy atom. The van der Waals surface area contributed by atoms with E-state index in [4.69, 9.17) is 0 Å². The third kappa shape index (κ3) is 3.47. The summed E-state index contributed by atoms with van der Waals surface area (Å²) in [6.07, 6.45) is 2.60. The monoisotopic (exact) mass is 341 g/mol. The van der Waals surface area contributed by atoms with Crippen molar-refractivity contribution in [2.24, 2.45) is 0 Å². The van der Waals surface area contributed by atoms with Gasteiger partial charge < -0.3 is 5.32 Å². The second-order valence-electron chi connectivity index (χ2n) is 5.87. The Morgan fingerprint density at radius 2 is 1.68 bits per heavy atom. The summed E-state index contributed by atoms with van der Waals surface area (Å²) in [7, 11) is 0. The molecule has 0 fully saturated rings. The molecule has 128 valence electrons. The number of amides is 1. The Balaban J connectivity index is 1.89. The Labute approximate surface area is 142 Å². The molecule has 2 aromatic rings. The molecule has 25 heavy (non-hydrogen) atoms. The zero-order valence-electron chi connectivity index (χ0n) is 13.2. The van der Waals surface area contributed by atoms with Gasteiger partial charge in [0.15, 0.2) is 0 Å². The van der Waals surface area contributed by atoms with Crippen LogP contribution in [-0.4, -0.2) is 15.8 Å². The highest BCUT2D eigenvalue weighted by molar-refractivity contribution is 5.95. The van der Waals surface area contributed by atoms with Crippen molar-refractivity contribution in [3.63, 3.8) is 0 Å². The summed E-state index contributed by atoms with van der Waals surface area (Å²) in [5.74, 6) is -0.562. The SMILES string of the molecule is O=C(N[C@@H]1CCCc2ccccc21)c1cc([N+](=O)[O-])cc([N+](=O)[O-])c1. The third-order valence-corrected chi connectivity index (χ3v) is 4.26. The van der Waals surface area contributed by atoms with Gasteiger partial charge in [-0.1, -0.05) is 24.3 Å². The molecule has 8 nitrogen and oxygen atoms in total. The highest BCUT2D eigenvalue weighted by atomic mass is 16.6. The number of carbonyl (C=O) groups is 1. The fourth-order valence-electron chi connectivity index (χ4n) is 3.08. The number of aryl methyl sites for hydroxylation is 1. The van der Waals surface area contributed by atoms with E-state index in [1.54, 1.807) is 0 Å².